The lowest BCUT2D eigenvalue weighted by Crippen LogP contribution is -2.54. The summed E-state index contributed by atoms with van der Waals surface area (Å²) in [5, 5.41) is 5.48. The van der Waals surface area contributed by atoms with Crippen LogP contribution in [0, 0.1) is 0 Å². The van der Waals surface area contributed by atoms with Crippen LogP contribution in [0.15, 0.2) is 60.2 Å². The second kappa shape index (κ2) is 13.6. The van der Waals surface area contributed by atoms with Crippen LogP contribution in [0.5, 0.6) is 17.2 Å². The van der Waals surface area contributed by atoms with Gasteiger partial charge in [-0.05, 0) is 80.1 Å². The standard InChI is InChI=1S/C29H24Cl3N3O7/c1-3-40-19-8-6-18(7-9-19)35-28(38)20(27(37)34-29(35)39)11-16-12-23(32)26(24(13-16)41-4-2)42-15-25(36)33-17-5-10-21(30)22(31)14-17/h5-14H,3-4,15H2,1-2H3,(H,33,36)(H,34,37,39)/b20-11+. The molecule has 0 aromatic heterocycles. The molecule has 42 heavy (non-hydrogen) atoms. The number of halogens is 3. The lowest BCUT2D eigenvalue weighted by Gasteiger charge is -2.26. The van der Waals surface area contributed by atoms with Crippen molar-refractivity contribution in [3.63, 3.8) is 0 Å². The minimum Gasteiger partial charge on any atom is -0.494 e. The molecule has 13 heteroatoms. The first kappa shape index (κ1) is 30.7. The van der Waals surface area contributed by atoms with Crippen LogP contribution in [0.4, 0.5) is 16.2 Å². The van der Waals surface area contributed by atoms with Crippen molar-refractivity contribution in [2.24, 2.45) is 0 Å². The maximum absolute atomic E-state index is 13.3. The van der Waals surface area contributed by atoms with Crippen LogP contribution >= 0.6 is 34.8 Å². The van der Waals surface area contributed by atoms with Gasteiger partial charge in [0.15, 0.2) is 18.1 Å². The van der Waals surface area contributed by atoms with Crippen LogP contribution in [0.25, 0.3) is 6.08 Å². The summed E-state index contributed by atoms with van der Waals surface area (Å²) < 4.78 is 16.7. The van der Waals surface area contributed by atoms with Gasteiger partial charge in [0.1, 0.15) is 11.3 Å². The molecule has 1 aliphatic rings. The number of benzene rings is 3. The maximum atomic E-state index is 13.3. The molecule has 0 spiro atoms. The number of ether oxygens (including phenoxy) is 3. The lowest BCUT2D eigenvalue weighted by atomic mass is 10.1. The molecule has 1 fully saturated rings. The molecule has 3 aromatic carbocycles. The first-order chi connectivity index (χ1) is 20.1. The molecule has 0 atom stereocenters. The number of barbiturate groups is 1. The van der Waals surface area contributed by atoms with E-state index in [2.05, 4.69) is 10.6 Å². The Bertz CT molecular complexity index is 1580. The predicted octanol–water partition coefficient (Wildman–Crippen LogP) is 6.13. The van der Waals surface area contributed by atoms with Gasteiger partial charge in [-0.15, -0.1) is 0 Å². The summed E-state index contributed by atoms with van der Waals surface area (Å²) in [5.41, 5.74) is 0.673. The van der Waals surface area contributed by atoms with E-state index in [1.807, 2.05) is 6.92 Å². The fraction of sp³-hybridized carbons (Fsp3) is 0.172. The highest BCUT2D eigenvalue weighted by atomic mass is 35.5. The first-order valence-corrected chi connectivity index (χ1v) is 13.7. The number of carbonyl (C=O) groups is 4. The van der Waals surface area contributed by atoms with Crippen LogP contribution in [0.2, 0.25) is 15.1 Å². The number of carbonyl (C=O) groups excluding carboxylic acids is 4. The highest BCUT2D eigenvalue weighted by molar-refractivity contribution is 6.42. The quantitative estimate of drug-likeness (QED) is 0.204. The third-order valence-corrected chi connectivity index (χ3v) is 6.72. The molecular weight excluding hydrogens is 609 g/mol. The van der Waals surface area contributed by atoms with Gasteiger partial charge < -0.3 is 19.5 Å². The van der Waals surface area contributed by atoms with Gasteiger partial charge in [0, 0.05) is 5.69 Å². The number of anilines is 2. The number of hydrogen-bond donors (Lipinski definition) is 2. The molecule has 3 aromatic rings. The molecular formula is C29H24Cl3N3O7. The number of imide groups is 2. The Morgan fingerprint density at radius 1 is 0.881 bits per heavy atom. The molecule has 5 amide bonds. The van der Waals surface area contributed by atoms with E-state index in [0.717, 1.165) is 4.90 Å². The van der Waals surface area contributed by atoms with E-state index in [-0.39, 0.29) is 39.4 Å². The minimum atomic E-state index is -0.887. The van der Waals surface area contributed by atoms with E-state index in [4.69, 9.17) is 49.0 Å². The fourth-order valence-electron chi connectivity index (χ4n) is 3.90. The molecule has 4 rings (SSSR count). The largest absolute Gasteiger partial charge is 0.494 e. The molecule has 2 N–H and O–H groups in total. The molecule has 10 nitrogen and oxygen atoms in total. The van der Waals surface area contributed by atoms with E-state index < -0.39 is 30.4 Å². The van der Waals surface area contributed by atoms with Gasteiger partial charge in [0.25, 0.3) is 17.7 Å². The van der Waals surface area contributed by atoms with E-state index in [0.29, 0.717) is 28.6 Å². The average molecular weight is 633 g/mol. The fourth-order valence-corrected chi connectivity index (χ4v) is 4.47. The van der Waals surface area contributed by atoms with E-state index in [9.17, 15) is 19.2 Å². The molecule has 218 valence electrons. The lowest BCUT2D eigenvalue weighted by molar-refractivity contribution is -0.122. The second-order valence-corrected chi connectivity index (χ2v) is 9.84. The molecule has 1 heterocycles. The van der Waals surface area contributed by atoms with Crippen molar-refractivity contribution in [2.75, 3.05) is 30.0 Å². The summed E-state index contributed by atoms with van der Waals surface area (Å²) in [6.45, 7) is 3.82. The number of rotatable bonds is 10. The van der Waals surface area contributed by atoms with Gasteiger partial charge >= 0.3 is 6.03 Å². The van der Waals surface area contributed by atoms with Gasteiger partial charge in [0.05, 0.1) is 34.0 Å². The average Bonchev–Trinajstić information content (AvgIpc) is 2.94. The van der Waals surface area contributed by atoms with Gasteiger partial charge in [-0.1, -0.05) is 34.8 Å². The van der Waals surface area contributed by atoms with Crippen LogP contribution in [-0.4, -0.2) is 43.6 Å². The minimum absolute atomic E-state index is 0.0539. The number of nitrogens with one attached hydrogen (secondary N) is 2. The zero-order valence-electron chi connectivity index (χ0n) is 22.3. The number of hydrogen-bond acceptors (Lipinski definition) is 7. The number of nitrogens with zero attached hydrogens (tertiary/aromatic N) is 1. The highest BCUT2D eigenvalue weighted by Gasteiger charge is 2.37. The van der Waals surface area contributed by atoms with Crippen molar-refractivity contribution in [1.29, 1.82) is 0 Å². The molecule has 0 saturated carbocycles. The van der Waals surface area contributed by atoms with E-state index >= 15 is 0 Å². The van der Waals surface area contributed by atoms with Crippen LogP contribution in [0.3, 0.4) is 0 Å². The molecule has 0 unspecified atom stereocenters. The van der Waals surface area contributed by atoms with E-state index in [1.165, 1.54) is 36.4 Å². The summed E-state index contributed by atoms with van der Waals surface area (Å²) in [4.78, 5) is 51.8. The first-order valence-electron chi connectivity index (χ1n) is 12.6. The SMILES string of the molecule is CCOc1ccc(N2C(=O)NC(=O)/C(=C\c3cc(Cl)c(OCC(=O)Nc4ccc(Cl)c(Cl)c4)c(OCC)c3)C2=O)cc1. The van der Waals surface area contributed by atoms with Crippen LogP contribution in [-0.2, 0) is 14.4 Å². The molecule has 1 aliphatic heterocycles. The highest BCUT2D eigenvalue weighted by Crippen LogP contribution is 2.38. The zero-order chi connectivity index (χ0) is 30.4. The maximum Gasteiger partial charge on any atom is 0.335 e. The number of urea groups is 1. The van der Waals surface area contributed by atoms with Crippen molar-refractivity contribution < 1.29 is 33.4 Å². The van der Waals surface area contributed by atoms with Gasteiger partial charge in [-0.2, -0.15) is 0 Å². The Morgan fingerprint density at radius 3 is 2.26 bits per heavy atom. The summed E-state index contributed by atoms with van der Waals surface area (Å²) in [6, 6.07) is 12.9. The van der Waals surface area contributed by atoms with Crippen molar-refractivity contribution in [2.45, 2.75) is 13.8 Å². The van der Waals surface area contributed by atoms with Crippen molar-refractivity contribution in [3.8, 4) is 17.2 Å². The van der Waals surface area contributed by atoms with Crippen molar-refractivity contribution >= 4 is 76.0 Å². The summed E-state index contributed by atoms with van der Waals surface area (Å²) in [7, 11) is 0. The summed E-state index contributed by atoms with van der Waals surface area (Å²) in [5.74, 6) is -1.40. The smallest absolute Gasteiger partial charge is 0.335 e. The van der Waals surface area contributed by atoms with Crippen molar-refractivity contribution in [1.82, 2.24) is 5.32 Å². The monoisotopic (exact) mass is 631 g/mol. The van der Waals surface area contributed by atoms with Crippen LogP contribution < -0.4 is 29.7 Å². The summed E-state index contributed by atoms with van der Waals surface area (Å²) >= 11 is 18.4. The molecule has 0 aliphatic carbocycles. The zero-order valence-corrected chi connectivity index (χ0v) is 24.6. The second-order valence-electron chi connectivity index (χ2n) is 8.61. The van der Waals surface area contributed by atoms with Gasteiger partial charge in [-0.3, -0.25) is 19.7 Å². The summed E-state index contributed by atoms with van der Waals surface area (Å²) in [6.07, 6.45) is 1.28. The number of amides is 5. The normalized spacial score (nSPS) is 14.1. The van der Waals surface area contributed by atoms with E-state index in [1.54, 1.807) is 31.2 Å². The third-order valence-electron chi connectivity index (χ3n) is 5.70. The molecule has 0 bridgehead atoms. The Labute approximate surface area is 256 Å². The van der Waals surface area contributed by atoms with Crippen LogP contribution in [0.1, 0.15) is 19.4 Å². The van der Waals surface area contributed by atoms with Gasteiger partial charge in [-0.25, -0.2) is 9.69 Å². The molecule has 1 saturated heterocycles. The Balaban J connectivity index is 1.56. The van der Waals surface area contributed by atoms with Gasteiger partial charge in [0.2, 0.25) is 0 Å². The third kappa shape index (κ3) is 7.14. The predicted molar refractivity (Wildman–Crippen MR) is 160 cm³/mol. The molecule has 0 radical (unpaired) electrons. The Hall–Kier alpha value is -4.25. The Kier molecular flexibility index (Phi) is 9.95. The van der Waals surface area contributed by atoms with Crippen molar-refractivity contribution in [3.05, 3.63) is 80.8 Å². The Morgan fingerprint density at radius 2 is 1.60 bits per heavy atom. The topological polar surface area (TPSA) is 123 Å².